The molecule has 0 spiro atoms. The third kappa shape index (κ3) is 3.84. The van der Waals surface area contributed by atoms with Crippen LogP contribution < -0.4 is 5.73 Å². The van der Waals surface area contributed by atoms with Crippen molar-refractivity contribution in [3.8, 4) is 0 Å². The van der Waals surface area contributed by atoms with Crippen LogP contribution in [0.1, 0.15) is 11.5 Å². The number of carbonyl (C=O) groups excluding carboxylic acids is 1. The van der Waals surface area contributed by atoms with Crippen LogP contribution in [0.25, 0.3) is 0 Å². The molecule has 2 N–H and O–H groups in total. The molecule has 0 saturated heterocycles. The first-order valence-corrected chi connectivity index (χ1v) is 5.69. The zero-order valence-corrected chi connectivity index (χ0v) is 10.4. The number of hydrogen-bond acceptors (Lipinski definition) is 3. The monoisotopic (exact) mass is 236 g/mol. The lowest BCUT2D eigenvalue weighted by Gasteiger charge is -2.22. The number of nitrogens with two attached hydrogens (primary N) is 1. The average molecular weight is 236 g/mol. The fourth-order valence-electron chi connectivity index (χ4n) is 1.67. The van der Waals surface area contributed by atoms with Crippen LogP contribution in [0.15, 0.2) is 30.3 Å². The Morgan fingerprint density at radius 2 is 2.06 bits per heavy atom. The summed E-state index contributed by atoms with van der Waals surface area (Å²) in [5, 5.41) is 0. The first kappa shape index (κ1) is 13.7. The molecule has 4 heteroatoms. The molecule has 4 nitrogen and oxygen atoms in total. The quantitative estimate of drug-likeness (QED) is 0.796. The van der Waals surface area contributed by atoms with Crippen molar-refractivity contribution in [2.24, 2.45) is 5.73 Å². The van der Waals surface area contributed by atoms with Crippen molar-refractivity contribution in [1.29, 1.82) is 0 Å². The first-order chi connectivity index (χ1) is 8.20. The molecule has 0 aromatic heterocycles. The Morgan fingerprint density at radius 3 is 2.59 bits per heavy atom. The van der Waals surface area contributed by atoms with Crippen molar-refractivity contribution in [1.82, 2.24) is 4.90 Å². The summed E-state index contributed by atoms with van der Waals surface area (Å²) in [6.45, 7) is 1.44. The fourth-order valence-corrected chi connectivity index (χ4v) is 1.67. The number of hydrogen-bond donors (Lipinski definition) is 1. The van der Waals surface area contributed by atoms with E-state index in [-0.39, 0.29) is 11.8 Å². The largest absolute Gasteiger partial charge is 0.383 e. The Balaban J connectivity index is 2.71. The van der Waals surface area contributed by atoms with Crippen LogP contribution >= 0.6 is 0 Å². The Bertz CT molecular complexity index is 341. The number of amides is 1. The maximum atomic E-state index is 12.2. The van der Waals surface area contributed by atoms with Crippen LogP contribution in [0.2, 0.25) is 0 Å². The lowest BCUT2D eigenvalue weighted by atomic mass is 9.98. The molecular formula is C13H20N2O2. The minimum Gasteiger partial charge on any atom is -0.383 e. The summed E-state index contributed by atoms with van der Waals surface area (Å²) in [6, 6.07) is 9.62. The Kier molecular flexibility index (Phi) is 5.66. The van der Waals surface area contributed by atoms with Crippen molar-refractivity contribution >= 4 is 5.91 Å². The number of rotatable bonds is 6. The molecule has 0 aliphatic rings. The van der Waals surface area contributed by atoms with Crippen molar-refractivity contribution in [3.63, 3.8) is 0 Å². The van der Waals surface area contributed by atoms with E-state index in [1.807, 2.05) is 30.3 Å². The molecule has 1 unspecified atom stereocenters. The topological polar surface area (TPSA) is 55.6 Å². The Hall–Kier alpha value is -1.39. The molecule has 0 saturated carbocycles. The van der Waals surface area contributed by atoms with E-state index in [0.717, 1.165) is 5.56 Å². The van der Waals surface area contributed by atoms with Gasteiger partial charge in [0, 0.05) is 27.2 Å². The van der Waals surface area contributed by atoms with Gasteiger partial charge in [0.25, 0.3) is 0 Å². The normalized spacial score (nSPS) is 12.2. The Labute approximate surface area is 102 Å². The molecule has 0 aliphatic heterocycles. The maximum absolute atomic E-state index is 12.2. The van der Waals surface area contributed by atoms with Crippen LogP contribution in [0, 0.1) is 0 Å². The Morgan fingerprint density at radius 1 is 1.41 bits per heavy atom. The zero-order valence-electron chi connectivity index (χ0n) is 10.4. The van der Waals surface area contributed by atoms with Gasteiger partial charge in [0.2, 0.25) is 5.91 Å². The van der Waals surface area contributed by atoms with E-state index in [0.29, 0.717) is 19.7 Å². The summed E-state index contributed by atoms with van der Waals surface area (Å²) in [5.41, 5.74) is 6.66. The highest BCUT2D eigenvalue weighted by Gasteiger charge is 2.21. The number of nitrogens with zero attached hydrogens (tertiary/aromatic N) is 1. The average Bonchev–Trinajstić information content (AvgIpc) is 2.38. The second-order valence-corrected chi connectivity index (χ2v) is 3.95. The van der Waals surface area contributed by atoms with Gasteiger partial charge in [0.05, 0.1) is 12.5 Å². The summed E-state index contributed by atoms with van der Waals surface area (Å²) in [6.07, 6.45) is 0. The van der Waals surface area contributed by atoms with Gasteiger partial charge in [-0.2, -0.15) is 0 Å². The van der Waals surface area contributed by atoms with E-state index < -0.39 is 0 Å². The van der Waals surface area contributed by atoms with Gasteiger partial charge in [-0.25, -0.2) is 0 Å². The SMILES string of the molecule is COCCN(C)C(=O)C(CN)c1ccccc1. The van der Waals surface area contributed by atoms with Crippen molar-refractivity contribution in [2.45, 2.75) is 5.92 Å². The molecule has 0 bridgehead atoms. The van der Waals surface area contributed by atoms with Gasteiger partial charge in [-0.3, -0.25) is 4.79 Å². The minimum atomic E-state index is -0.266. The third-order valence-corrected chi connectivity index (χ3v) is 2.74. The summed E-state index contributed by atoms with van der Waals surface area (Å²) in [5.74, 6) is -0.228. The molecule has 0 radical (unpaired) electrons. The molecule has 0 aliphatic carbocycles. The first-order valence-electron chi connectivity index (χ1n) is 5.69. The second-order valence-electron chi connectivity index (χ2n) is 3.95. The minimum absolute atomic E-state index is 0.0377. The number of carbonyl (C=O) groups is 1. The molecule has 94 valence electrons. The third-order valence-electron chi connectivity index (χ3n) is 2.74. The van der Waals surface area contributed by atoms with E-state index in [9.17, 15) is 4.79 Å². The molecule has 0 heterocycles. The van der Waals surface area contributed by atoms with Crippen LogP contribution in [0.3, 0.4) is 0 Å². The molecule has 0 fully saturated rings. The molecule has 17 heavy (non-hydrogen) atoms. The fraction of sp³-hybridized carbons (Fsp3) is 0.462. The summed E-state index contributed by atoms with van der Waals surface area (Å²) in [7, 11) is 3.39. The molecule has 1 amide bonds. The van der Waals surface area contributed by atoms with Crippen molar-refractivity contribution in [2.75, 3.05) is 33.9 Å². The number of benzene rings is 1. The number of ether oxygens (including phenoxy) is 1. The molecule has 1 aromatic carbocycles. The lowest BCUT2D eigenvalue weighted by molar-refractivity contribution is -0.131. The van der Waals surface area contributed by atoms with Gasteiger partial charge >= 0.3 is 0 Å². The zero-order chi connectivity index (χ0) is 12.7. The molecule has 1 atom stereocenters. The molecule has 1 aromatic rings. The highest BCUT2D eigenvalue weighted by molar-refractivity contribution is 5.83. The maximum Gasteiger partial charge on any atom is 0.231 e. The molecule has 1 rings (SSSR count). The smallest absolute Gasteiger partial charge is 0.231 e. The van der Waals surface area contributed by atoms with E-state index >= 15 is 0 Å². The van der Waals surface area contributed by atoms with Crippen molar-refractivity contribution < 1.29 is 9.53 Å². The van der Waals surface area contributed by atoms with Crippen LogP contribution in [0.5, 0.6) is 0 Å². The summed E-state index contributed by atoms with van der Waals surface area (Å²) < 4.78 is 4.96. The van der Waals surface area contributed by atoms with Gasteiger partial charge < -0.3 is 15.4 Å². The van der Waals surface area contributed by atoms with E-state index in [4.69, 9.17) is 10.5 Å². The highest BCUT2D eigenvalue weighted by Crippen LogP contribution is 2.16. The standard InChI is InChI=1S/C13H20N2O2/c1-15(8-9-17-2)13(16)12(10-14)11-6-4-3-5-7-11/h3-7,12H,8-10,14H2,1-2H3. The van der Waals surface area contributed by atoms with Gasteiger partial charge in [-0.05, 0) is 5.56 Å². The van der Waals surface area contributed by atoms with Crippen LogP contribution in [0.4, 0.5) is 0 Å². The van der Waals surface area contributed by atoms with Gasteiger partial charge in [0.15, 0.2) is 0 Å². The van der Waals surface area contributed by atoms with E-state index in [1.165, 1.54) is 0 Å². The lowest BCUT2D eigenvalue weighted by Crippen LogP contribution is -2.37. The second kappa shape index (κ2) is 7.04. The van der Waals surface area contributed by atoms with Crippen LogP contribution in [-0.2, 0) is 9.53 Å². The van der Waals surface area contributed by atoms with E-state index in [1.54, 1.807) is 19.1 Å². The van der Waals surface area contributed by atoms with Gasteiger partial charge in [-0.15, -0.1) is 0 Å². The van der Waals surface area contributed by atoms with Gasteiger partial charge in [0.1, 0.15) is 0 Å². The van der Waals surface area contributed by atoms with Gasteiger partial charge in [-0.1, -0.05) is 30.3 Å². The molecular weight excluding hydrogens is 216 g/mol. The van der Waals surface area contributed by atoms with Crippen LogP contribution in [-0.4, -0.2) is 44.7 Å². The van der Waals surface area contributed by atoms with Crippen molar-refractivity contribution in [3.05, 3.63) is 35.9 Å². The number of methoxy groups -OCH3 is 1. The predicted octanol–water partition coefficient (Wildman–Crippen LogP) is 0.834. The van der Waals surface area contributed by atoms with E-state index in [2.05, 4.69) is 0 Å². The summed E-state index contributed by atoms with van der Waals surface area (Å²) in [4.78, 5) is 13.8. The summed E-state index contributed by atoms with van der Waals surface area (Å²) >= 11 is 0. The highest BCUT2D eigenvalue weighted by atomic mass is 16.5. The number of likely N-dealkylation sites (N-methyl/N-ethyl adjacent to an activating group) is 1. The predicted molar refractivity (Wildman–Crippen MR) is 67.8 cm³/mol.